The molecule has 0 bridgehead atoms. The number of fused-ring (bicyclic) bond motifs is 5. The fraction of sp³-hybridized carbons (Fsp3) is 0. The first-order valence-electron chi connectivity index (χ1n) is 17.3. The molecule has 0 saturated heterocycles. The zero-order valence-electron chi connectivity index (χ0n) is 27.5. The molecule has 0 nitrogen and oxygen atoms in total. The lowest BCUT2D eigenvalue weighted by Gasteiger charge is -2.19. The Morgan fingerprint density at radius 1 is 0.200 bits per heavy atom. The van der Waals surface area contributed by atoms with E-state index < -0.39 is 0 Å². The van der Waals surface area contributed by atoms with Crippen molar-refractivity contribution in [3.8, 4) is 44.5 Å². The maximum absolute atomic E-state index is 2.43. The molecule has 0 fully saturated rings. The van der Waals surface area contributed by atoms with Crippen molar-refractivity contribution in [1.82, 2.24) is 0 Å². The molecule has 0 aliphatic carbocycles. The molecule has 0 heterocycles. The summed E-state index contributed by atoms with van der Waals surface area (Å²) in [7, 11) is 0. The Bertz CT molecular complexity index is 2920. The van der Waals surface area contributed by atoms with Crippen molar-refractivity contribution in [2.24, 2.45) is 0 Å². The minimum atomic E-state index is 1.22. The second-order valence-corrected chi connectivity index (χ2v) is 13.3. The standard InChI is InChI=1S/C50H32/c1-3-14-36-29-38(25-23-33(36)11-1)39-27-28-47-48(32-39)50(41-18-9-17-40(31-41)44-22-10-16-35-13-5-6-19-43(35)44)46-21-8-7-20-45(46)49(47)42-26-24-34-12-2-4-15-37(34)30-42/h1-32H. The molecule has 0 radical (unpaired) electrons. The van der Waals surface area contributed by atoms with Gasteiger partial charge in [-0.05, 0) is 123 Å². The Morgan fingerprint density at radius 2 is 0.660 bits per heavy atom. The molecule has 0 aliphatic rings. The Labute approximate surface area is 291 Å². The van der Waals surface area contributed by atoms with E-state index in [1.54, 1.807) is 0 Å². The minimum Gasteiger partial charge on any atom is -0.0616 e. The molecule has 0 unspecified atom stereocenters. The highest BCUT2D eigenvalue weighted by Crippen LogP contribution is 2.46. The van der Waals surface area contributed by atoms with Crippen LogP contribution in [0.25, 0.3) is 98.4 Å². The highest BCUT2D eigenvalue weighted by Gasteiger charge is 2.18. The molecule has 0 heteroatoms. The molecule has 50 heavy (non-hydrogen) atoms. The fourth-order valence-corrected chi connectivity index (χ4v) is 8.01. The van der Waals surface area contributed by atoms with Crippen LogP contribution in [0, 0.1) is 0 Å². The monoisotopic (exact) mass is 632 g/mol. The maximum atomic E-state index is 2.43. The predicted molar refractivity (Wildman–Crippen MR) is 216 cm³/mol. The summed E-state index contributed by atoms with van der Waals surface area (Å²) >= 11 is 0. The van der Waals surface area contributed by atoms with Crippen LogP contribution >= 0.6 is 0 Å². The van der Waals surface area contributed by atoms with E-state index in [0.29, 0.717) is 0 Å². The zero-order chi connectivity index (χ0) is 33.0. The molecule has 0 atom stereocenters. The molecule has 0 N–H and O–H groups in total. The van der Waals surface area contributed by atoms with E-state index in [1.165, 1.54) is 98.4 Å². The van der Waals surface area contributed by atoms with Crippen LogP contribution in [0.2, 0.25) is 0 Å². The lowest BCUT2D eigenvalue weighted by molar-refractivity contribution is 1.63. The van der Waals surface area contributed by atoms with Crippen LogP contribution in [-0.2, 0) is 0 Å². The van der Waals surface area contributed by atoms with Gasteiger partial charge in [-0.1, -0.05) is 170 Å². The molecule has 10 rings (SSSR count). The third kappa shape index (κ3) is 4.69. The van der Waals surface area contributed by atoms with Crippen molar-refractivity contribution in [1.29, 1.82) is 0 Å². The van der Waals surface area contributed by atoms with E-state index in [0.717, 1.165) is 0 Å². The summed E-state index contributed by atoms with van der Waals surface area (Å²) in [6.07, 6.45) is 0. The molecule has 0 saturated carbocycles. The summed E-state index contributed by atoms with van der Waals surface area (Å²) in [4.78, 5) is 0. The van der Waals surface area contributed by atoms with Gasteiger partial charge in [0, 0.05) is 0 Å². The second-order valence-electron chi connectivity index (χ2n) is 13.3. The van der Waals surface area contributed by atoms with Gasteiger partial charge in [0.2, 0.25) is 0 Å². The lowest BCUT2D eigenvalue weighted by atomic mass is 9.84. The van der Waals surface area contributed by atoms with E-state index in [1.807, 2.05) is 0 Å². The van der Waals surface area contributed by atoms with Gasteiger partial charge in [-0.15, -0.1) is 0 Å². The Balaban J connectivity index is 1.28. The summed E-state index contributed by atoms with van der Waals surface area (Å²) in [6, 6.07) is 71.5. The average Bonchev–Trinajstić information content (AvgIpc) is 3.19. The van der Waals surface area contributed by atoms with Crippen LogP contribution in [0.1, 0.15) is 0 Å². The molecule has 0 aliphatic heterocycles. The topological polar surface area (TPSA) is 0 Å². The highest BCUT2D eigenvalue weighted by atomic mass is 14.2. The predicted octanol–water partition coefficient (Wildman–Crippen LogP) is 14.1. The Kier molecular flexibility index (Phi) is 6.60. The van der Waals surface area contributed by atoms with Gasteiger partial charge in [-0.3, -0.25) is 0 Å². The number of benzene rings is 10. The van der Waals surface area contributed by atoms with Crippen LogP contribution in [-0.4, -0.2) is 0 Å². The van der Waals surface area contributed by atoms with Crippen LogP contribution in [0.5, 0.6) is 0 Å². The molecule has 0 amide bonds. The first kappa shape index (κ1) is 28.5. The van der Waals surface area contributed by atoms with Gasteiger partial charge in [0.25, 0.3) is 0 Å². The van der Waals surface area contributed by atoms with Crippen LogP contribution in [0.15, 0.2) is 194 Å². The van der Waals surface area contributed by atoms with Crippen LogP contribution in [0.3, 0.4) is 0 Å². The van der Waals surface area contributed by atoms with Crippen molar-refractivity contribution >= 4 is 53.9 Å². The second kappa shape index (κ2) is 11.6. The third-order valence-corrected chi connectivity index (χ3v) is 10.4. The van der Waals surface area contributed by atoms with E-state index in [4.69, 9.17) is 0 Å². The van der Waals surface area contributed by atoms with Gasteiger partial charge in [0.05, 0.1) is 0 Å². The van der Waals surface area contributed by atoms with E-state index in [2.05, 4.69) is 194 Å². The summed E-state index contributed by atoms with van der Waals surface area (Å²) in [6.45, 7) is 0. The average molecular weight is 633 g/mol. The molecule has 0 spiro atoms. The first-order chi connectivity index (χ1) is 24.8. The number of hydrogen-bond acceptors (Lipinski definition) is 0. The van der Waals surface area contributed by atoms with E-state index in [-0.39, 0.29) is 0 Å². The molecular formula is C50H32. The Hall–Kier alpha value is -6.50. The van der Waals surface area contributed by atoms with Crippen molar-refractivity contribution in [2.45, 2.75) is 0 Å². The smallest absolute Gasteiger partial charge is 0.00259 e. The number of rotatable bonds is 4. The van der Waals surface area contributed by atoms with Gasteiger partial charge in [0.15, 0.2) is 0 Å². The van der Waals surface area contributed by atoms with Crippen LogP contribution in [0.4, 0.5) is 0 Å². The van der Waals surface area contributed by atoms with Gasteiger partial charge in [-0.25, -0.2) is 0 Å². The highest BCUT2D eigenvalue weighted by molar-refractivity contribution is 6.22. The van der Waals surface area contributed by atoms with Gasteiger partial charge >= 0.3 is 0 Å². The largest absolute Gasteiger partial charge is 0.0616 e. The van der Waals surface area contributed by atoms with Gasteiger partial charge < -0.3 is 0 Å². The quantitative estimate of drug-likeness (QED) is 0.169. The third-order valence-electron chi connectivity index (χ3n) is 10.4. The van der Waals surface area contributed by atoms with Gasteiger partial charge in [-0.2, -0.15) is 0 Å². The molecule has 10 aromatic rings. The first-order valence-corrected chi connectivity index (χ1v) is 17.3. The van der Waals surface area contributed by atoms with Crippen LogP contribution < -0.4 is 0 Å². The van der Waals surface area contributed by atoms with Gasteiger partial charge in [0.1, 0.15) is 0 Å². The number of hydrogen-bond donors (Lipinski definition) is 0. The summed E-state index contributed by atoms with van der Waals surface area (Å²) in [5.41, 5.74) is 9.92. The summed E-state index contributed by atoms with van der Waals surface area (Å²) in [5.74, 6) is 0. The molecular weight excluding hydrogens is 601 g/mol. The maximum Gasteiger partial charge on any atom is -0.00259 e. The SMILES string of the molecule is c1cc(-c2cccc3ccccc23)cc(-c2c3ccccc3c(-c3ccc4ccccc4c3)c3ccc(-c4ccc5ccccc5c4)cc23)c1. The lowest BCUT2D eigenvalue weighted by Crippen LogP contribution is -1.92. The van der Waals surface area contributed by atoms with Crippen molar-refractivity contribution in [3.05, 3.63) is 194 Å². The summed E-state index contributed by atoms with van der Waals surface area (Å²) < 4.78 is 0. The molecule has 10 aromatic carbocycles. The minimum absolute atomic E-state index is 1.22. The van der Waals surface area contributed by atoms with E-state index >= 15 is 0 Å². The molecule has 232 valence electrons. The van der Waals surface area contributed by atoms with E-state index in [9.17, 15) is 0 Å². The molecule has 0 aromatic heterocycles. The Morgan fingerprint density at radius 3 is 1.40 bits per heavy atom. The van der Waals surface area contributed by atoms with Crippen molar-refractivity contribution in [2.75, 3.05) is 0 Å². The zero-order valence-corrected chi connectivity index (χ0v) is 27.5. The normalized spacial score (nSPS) is 11.6. The van der Waals surface area contributed by atoms with Crippen molar-refractivity contribution < 1.29 is 0 Å². The van der Waals surface area contributed by atoms with Crippen molar-refractivity contribution in [3.63, 3.8) is 0 Å². The fourth-order valence-electron chi connectivity index (χ4n) is 8.01. The summed E-state index contributed by atoms with van der Waals surface area (Å²) in [5, 5.41) is 12.6.